The number of nitrogens with one attached hydrogen (secondary N) is 1. The maximum absolute atomic E-state index is 13.7. The van der Waals surface area contributed by atoms with Gasteiger partial charge in [0.1, 0.15) is 0 Å². The third-order valence-corrected chi connectivity index (χ3v) is 5.39. The van der Waals surface area contributed by atoms with Crippen LogP contribution in [0, 0.1) is 0 Å². The molecule has 1 heterocycles. The molecule has 0 spiro atoms. The van der Waals surface area contributed by atoms with E-state index in [4.69, 9.17) is 0 Å². The molecule has 0 fully saturated rings. The van der Waals surface area contributed by atoms with E-state index in [0.717, 1.165) is 28.8 Å². The van der Waals surface area contributed by atoms with Crippen molar-refractivity contribution in [2.45, 2.75) is 25.1 Å². The molecule has 0 aliphatic rings. The van der Waals surface area contributed by atoms with Crippen molar-refractivity contribution in [2.75, 3.05) is 5.32 Å². The molecule has 0 saturated heterocycles. The summed E-state index contributed by atoms with van der Waals surface area (Å²) in [4.78, 5) is 16.1. The Morgan fingerprint density at radius 2 is 1.37 bits per heavy atom. The van der Waals surface area contributed by atoms with Crippen LogP contribution in [0.5, 0.6) is 0 Å². The number of carbonyl (C=O) groups excluding carboxylic acids is 1. The molecule has 2 N–H and O–H groups in total. The SMILES string of the molecule is O=C(Nc1ccc(-n2c(C(F)(F)F)nc3cc(CO)ccc32)cc1)c1cc(C(F)(F)F)cc(C(F)(F)F)c1. The Labute approximate surface area is 207 Å². The van der Waals surface area contributed by atoms with Crippen molar-refractivity contribution in [3.8, 4) is 5.69 Å². The quantitative estimate of drug-likeness (QED) is 0.276. The largest absolute Gasteiger partial charge is 0.450 e. The molecule has 0 atom stereocenters. The van der Waals surface area contributed by atoms with Crippen LogP contribution in [0.3, 0.4) is 0 Å². The highest BCUT2D eigenvalue weighted by Crippen LogP contribution is 2.37. The molecule has 4 rings (SSSR count). The van der Waals surface area contributed by atoms with Gasteiger partial charge in [-0.1, -0.05) is 6.07 Å². The van der Waals surface area contributed by atoms with Gasteiger partial charge in [0, 0.05) is 16.9 Å². The first-order valence-corrected chi connectivity index (χ1v) is 10.5. The van der Waals surface area contributed by atoms with E-state index in [1.165, 1.54) is 18.2 Å². The highest BCUT2D eigenvalue weighted by atomic mass is 19.4. The Kier molecular flexibility index (Phi) is 6.64. The number of nitrogens with zero attached hydrogens (tertiary/aromatic N) is 2. The van der Waals surface area contributed by atoms with Crippen LogP contribution in [0.15, 0.2) is 60.7 Å². The summed E-state index contributed by atoms with van der Waals surface area (Å²) in [6, 6.07) is 8.95. The van der Waals surface area contributed by atoms with Gasteiger partial charge >= 0.3 is 18.5 Å². The summed E-state index contributed by atoms with van der Waals surface area (Å²) in [6.45, 7) is -0.422. The van der Waals surface area contributed by atoms with E-state index in [1.54, 1.807) is 0 Å². The predicted molar refractivity (Wildman–Crippen MR) is 116 cm³/mol. The van der Waals surface area contributed by atoms with E-state index in [0.29, 0.717) is 5.56 Å². The summed E-state index contributed by atoms with van der Waals surface area (Å²) < 4.78 is 120. The second-order valence-corrected chi connectivity index (χ2v) is 8.05. The minimum Gasteiger partial charge on any atom is -0.392 e. The van der Waals surface area contributed by atoms with Gasteiger partial charge in [0.25, 0.3) is 5.91 Å². The zero-order chi connectivity index (χ0) is 28.0. The van der Waals surface area contributed by atoms with Gasteiger partial charge in [-0.2, -0.15) is 39.5 Å². The van der Waals surface area contributed by atoms with Gasteiger partial charge in [-0.15, -0.1) is 0 Å². The number of aromatic nitrogens is 2. The molecule has 0 bridgehead atoms. The monoisotopic (exact) mass is 547 g/mol. The van der Waals surface area contributed by atoms with Crippen molar-refractivity contribution >= 4 is 22.6 Å². The standard InChI is InChI=1S/C24H14F9N3O2/c25-22(26,27)14-8-13(9-15(10-14)23(28,29)30)20(38)34-16-2-4-17(5-3-16)36-19-6-1-12(11-37)7-18(19)35-21(36)24(31,32)33/h1-10,37H,11H2,(H,34,38). The van der Waals surface area contributed by atoms with Crippen molar-refractivity contribution in [3.63, 3.8) is 0 Å². The molecule has 0 radical (unpaired) electrons. The first kappa shape index (κ1) is 27.0. The summed E-state index contributed by atoms with van der Waals surface area (Å²) in [5.41, 5.74) is -4.10. The molecule has 1 amide bonds. The Morgan fingerprint density at radius 1 is 0.789 bits per heavy atom. The molecule has 200 valence electrons. The second-order valence-electron chi connectivity index (χ2n) is 8.05. The number of hydrogen-bond donors (Lipinski definition) is 2. The van der Waals surface area contributed by atoms with Crippen molar-refractivity contribution in [3.05, 3.63) is 88.7 Å². The van der Waals surface area contributed by atoms with Crippen LogP contribution in [-0.4, -0.2) is 20.6 Å². The summed E-state index contributed by atoms with van der Waals surface area (Å²) in [5.74, 6) is -2.57. The van der Waals surface area contributed by atoms with Crippen molar-refractivity contribution in [1.29, 1.82) is 0 Å². The van der Waals surface area contributed by atoms with Gasteiger partial charge in [0.15, 0.2) is 0 Å². The number of anilines is 1. The van der Waals surface area contributed by atoms with Crippen LogP contribution < -0.4 is 5.32 Å². The van der Waals surface area contributed by atoms with Crippen LogP contribution in [0.1, 0.15) is 32.9 Å². The zero-order valence-corrected chi connectivity index (χ0v) is 18.6. The number of rotatable bonds is 4. The Morgan fingerprint density at radius 3 is 1.87 bits per heavy atom. The lowest BCUT2D eigenvalue weighted by Crippen LogP contribution is -2.17. The lowest BCUT2D eigenvalue weighted by Gasteiger charge is -2.15. The fourth-order valence-electron chi connectivity index (χ4n) is 3.66. The third-order valence-electron chi connectivity index (χ3n) is 5.39. The van der Waals surface area contributed by atoms with Gasteiger partial charge < -0.3 is 10.4 Å². The van der Waals surface area contributed by atoms with Crippen LogP contribution in [0.4, 0.5) is 45.2 Å². The topological polar surface area (TPSA) is 67.2 Å². The molecular weight excluding hydrogens is 533 g/mol. The number of alkyl halides is 9. The lowest BCUT2D eigenvalue weighted by molar-refractivity contribution is -0.146. The van der Waals surface area contributed by atoms with E-state index in [9.17, 15) is 49.4 Å². The zero-order valence-electron chi connectivity index (χ0n) is 18.6. The number of imidazole rings is 1. The van der Waals surface area contributed by atoms with Crippen LogP contribution >= 0.6 is 0 Å². The lowest BCUT2D eigenvalue weighted by atomic mass is 10.0. The molecule has 0 unspecified atom stereocenters. The first-order chi connectivity index (χ1) is 17.6. The number of fused-ring (bicyclic) bond motifs is 1. The molecule has 4 aromatic rings. The number of carbonyl (C=O) groups is 1. The number of aliphatic hydroxyl groups excluding tert-OH is 1. The third kappa shape index (κ3) is 5.44. The van der Waals surface area contributed by atoms with Gasteiger partial charge in [0.05, 0.1) is 28.8 Å². The number of hydrogen-bond acceptors (Lipinski definition) is 3. The molecule has 3 aromatic carbocycles. The molecule has 5 nitrogen and oxygen atoms in total. The van der Waals surface area contributed by atoms with Gasteiger partial charge in [0.2, 0.25) is 5.82 Å². The smallest absolute Gasteiger partial charge is 0.392 e. The van der Waals surface area contributed by atoms with Crippen LogP contribution in [0.25, 0.3) is 16.7 Å². The van der Waals surface area contributed by atoms with Crippen LogP contribution in [-0.2, 0) is 25.1 Å². The number of benzene rings is 3. The fraction of sp³-hybridized carbons (Fsp3) is 0.167. The highest BCUT2D eigenvalue weighted by Gasteiger charge is 2.39. The van der Waals surface area contributed by atoms with Crippen LogP contribution in [0.2, 0.25) is 0 Å². The average Bonchev–Trinajstić information content (AvgIpc) is 3.22. The van der Waals surface area contributed by atoms with Gasteiger partial charge in [-0.25, -0.2) is 4.98 Å². The molecule has 0 aliphatic heterocycles. The molecule has 0 aliphatic carbocycles. The molecule has 1 aromatic heterocycles. The number of halogens is 9. The van der Waals surface area contributed by atoms with Crippen molar-refractivity contribution in [2.24, 2.45) is 0 Å². The Bertz CT molecular complexity index is 1470. The number of amides is 1. The normalized spacial score (nSPS) is 12.7. The van der Waals surface area contributed by atoms with Gasteiger partial charge in [-0.05, 0) is 60.2 Å². The fourth-order valence-corrected chi connectivity index (χ4v) is 3.66. The molecular formula is C24H14F9N3O2. The van der Waals surface area contributed by atoms with Crippen molar-refractivity contribution in [1.82, 2.24) is 9.55 Å². The average molecular weight is 547 g/mol. The second kappa shape index (κ2) is 9.35. The summed E-state index contributed by atoms with van der Waals surface area (Å²) in [7, 11) is 0. The molecule has 38 heavy (non-hydrogen) atoms. The summed E-state index contributed by atoms with van der Waals surface area (Å²) in [5, 5.41) is 11.4. The molecule has 0 saturated carbocycles. The first-order valence-electron chi connectivity index (χ1n) is 10.5. The summed E-state index contributed by atoms with van der Waals surface area (Å²) in [6.07, 6.45) is -15.2. The Hall–Kier alpha value is -4.07. The Balaban J connectivity index is 1.68. The number of aliphatic hydroxyl groups is 1. The van der Waals surface area contributed by atoms with E-state index < -0.39 is 53.6 Å². The van der Waals surface area contributed by atoms with E-state index >= 15 is 0 Å². The predicted octanol–water partition coefficient (Wildman–Crippen LogP) is 6.83. The maximum atomic E-state index is 13.7. The van der Waals surface area contributed by atoms with E-state index in [1.807, 2.05) is 0 Å². The summed E-state index contributed by atoms with van der Waals surface area (Å²) >= 11 is 0. The van der Waals surface area contributed by atoms with Crippen molar-refractivity contribution < 1.29 is 49.4 Å². The highest BCUT2D eigenvalue weighted by molar-refractivity contribution is 6.04. The van der Waals surface area contributed by atoms with Gasteiger partial charge in [-0.3, -0.25) is 9.36 Å². The van der Waals surface area contributed by atoms with E-state index in [2.05, 4.69) is 10.3 Å². The molecule has 14 heteroatoms. The van der Waals surface area contributed by atoms with E-state index in [-0.39, 0.29) is 40.6 Å². The minimum atomic E-state index is -5.15. The minimum absolute atomic E-state index is 0.0481. The maximum Gasteiger partial charge on any atom is 0.450 e.